The SMILES string of the molecule is C#CCCC1(OCCOS(=O)O)C=CC=CC1c1ccccc1. The molecule has 0 fully saturated rings. The number of terminal acetylenes is 1. The average Bonchev–Trinajstić information content (AvgIpc) is 2.58. The average molecular weight is 332 g/mol. The molecule has 5 heteroatoms. The number of allylic oxidation sites excluding steroid dienone is 2. The third-order valence-corrected chi connectivity index (χ3v) is 4.14. The summed E-state index contributed by atoms with van der Waals surface area (Å²) in [7, 11) is 0. The monoisotopic (exact) mass is 332 g/mol. The minimum absolute atomic E-state index is 0.0293. The summed E-state index contributed by atoms with van der Waals surface area (Å²) in [5.41, 5.74) is 0.555. The fourth-order valence-corrected chi connectivity index (χ4v) is 2.98. The van der Waals surface area contributed by atoms with Crippen molar-refractivity contribution in [3.63, 3.8) is 0 Å². The van der Waals surface area contributed by atoms with Gasteiger partial charge in [0.05, 0.1) is 18.8 Å². The van der Waals surface area contributed by atoms with Crippen molar-refractivity contribution in [1.82, 2.24) is 0 Å². The van der Waals surface area contributed by atoms with Crippen LogP contribution in [0.15, 0.2) is 54.6 Å². The van der Waals surface area contributed by atoms with Crippen molar-refractivity contribution in [3.8, 4) is 12.3 Å². The lowest BCUT2D eigenvalue weighted by Crippen LogP contribution is -2.39. The van der Waals surface area contributed by atoms with Gasteiger partial charge in [-0.05, 0) is 12.0 Å². The van der Waals surface area contributed by atoms with Gasteiger partial charge in [-0.3, -0.25) is 8.74 Å². The maximum atomic E-state index is 10.6. The zero-order valence-corrected chi connectivity index (χ0v) is 13.6. The lowest BCUT2D eigenvalue weighted by molar-refractivity contribution is -0.0355. The van der Waals surface area contributed by atoms with Gasteiger partial charge in [0.1, 0.15) is 0 Å². The van der Waals surface area contributed by atoms with Crippen molar-refractivity contribution in [2.24, 2.45) is 0 Å². The highest BCUT2D eigenvalue weighted by atomic mass is 32.2. The number of hydrogen-bond acceptors (Lipinski definition) is 3. The molecule has 0 saturated carbocycles. The van der Waals surface area contributed by atoms with Crippen LogP contribution >= 0.6 is 0 Å². The topological polar surface area (TPSA) is 55.8 Å². The van der Waals surface area contributed by atoms with Crippen LogP contribution in [0.25, 0.3) is 0 Å². The van der Waals surface area contributed by atoms with Gasteiger partial charge < -0.3 is 4.74 Å². The molecular formula is C18H20O4S. The lowest BCUT2D eigenvalue weighted by atomic mass is 9.76. The first-order valence-corrected chi connectivity index (χ1v) is 8.44. The largest absolute Gasteiger partial charge is 0.367 e. The van der Waals surface area contributed by atoms with E-state index in [0.29, 0.717) is 12.8 Å². The van der Waals surface area contributed by atoms with Gasteiger partial charge in [-0.25, -0.2) is 0 Å². The predicted molar refractivity (Wildman–Crippen MR) is 90.9 cm³/mol. The molecule has 3 atom stereocenters. The molecule has 1 aromatic rings. The van der Waals surface area contributed by atoms with E-state index in [-0.39, 0.29) is 19.1 Å². The Morgan fingerprint density at radius 1 is 1.26 bits per heavy atom. The molecule has 0 aliphatic heterocycles. The highest BCUT2D eigenvalue weighted by Gasteiger charge is 2.37. The van der Waals surface area contributed by atoms with Crippen molar-refractivity contribution in [1.29, 1.82) is 0 Å². The zero-order chi connectivity index (χ0) is 16.5. The fourth-order valence-electron chi connectivity index (χ4n) is 2.77. The smallest absolute Gasteiger partial charge is 0.301 e. The Morgan fingerprint density at radius 2 is 2.04 bits per heavy atom. The summed E-state index contributed by atoms with van der Waals surface area (Å²) in [6.45, 7) is 0.248. The summed E-state index contributed by atoms with van der Waals surface area (Å²) in [4.78, 5) is 0. The van der Waals surface area contributed by atoms with Gasteiger partial charge in [0.2, 0.25) is 0 Å². The highest BCUT2D eigenvalue weighted by molar-refractivity contribution is 7.74. The first-order chi connectivity index (χ1) is 11.2. The first-order valence-electron chi connectivity index (χ1n) is 7.40. The molecule has 4 nitrogen and oxygen atoms in total. The molecule has 0 bridgehead atoms. The van der Waals surface area contributed by atoms with Gasteiger partial charge in [-0.1, -0.05) is 54.6 Å². The van der Waals surface area contributed by atoms with E-state index in [0.717, 1.165) is 5.56 Å². The number of ether oxygens (including phenoxy) is 1. The van der Waals surface area contributed by atoms with E-state index in [9.17, 15) is 4.21 Å². The zero-order valence-electron chi connectivity index (χ0n) is 12.8. The van der Waals surface area contributed by atoms with Crippen LogP contribution in [0.3, 0.4) is 0 Å². The Morgan fingerprint density at radius 3 is 2.74 bits per heavy atom. The van der Waals surface area contributed by atoms with Crippen LogP contribution in [0.1, 0.15) is 24.3 Å². The highest BCUT2D eigenvalue weighted by Crippen LogP contribution is 2.40. The van der Waals surface area contributed by atoms with Crippen LogP contribution < -0.4 is 0 Å². The molecular weight excluding hydrogens is 312 g/mol. The Balaban J connectivity index is 2.19. The van der Waals surface area contributed by atoms with Crippen molar-refractivity contribution in [2.45, 2.75) is 24.4 Å². The van der Waals surface area contributed by atoms with Gasteiger partial charge in [0.25, 0.3) is 0 Å². The summed E-state index contributed by atoms with van der Waals surface area (Å²) in [5, 5.41) is 0. The molecule has 0 heterocycles. The first kappa shape index (κ1) is 17.6. The minimum atomic E-state index is -2.28. The van der Waals surface area contributed by atoms with E-state index in [2.05, 4.69) is 28.3 Å². The van der Waals surface area contributed by atoms with Crippen molar-refractivity contribution < 1.29 is 17.7 Å². The molecule has 23 heavy (non-hydrogen) atoms. The molecule has 0 amide bonds. The maximum absolute atomic E-state index is 10.6. The van der Waals surface area contributed by atoms with Gasteiger partial charge in [0.15, 0.2) is 0 Å². The van der Waals surface area contributed by atoms with Gasteiger partial charge in [0, 0.05) is 12.3 Å². The third kappa shape index (κ3) is 4.88. The van der Waals surface area contributed by atoms with E-state index in [4.69, 9.17) is 15.7 Å². The minimum Gasteiger partial charge on any atom is -0.367 e. The Kier molecular flexibility index (Phi) is 6.75. The molecule has 2 rings (SSSR count). The van der Waals surface area contributed by atoms with E-state index in [1.807, 2.05) is 36.4 Å². The van der Waals surface area contributed by atoms with Crippen LogP contribution in [-0.2, 0) is 20.3 Å². The maximum Gasteiger partial charge on any atom is 0.301 e. The summed E-state index contributed by atoms with van der Waals surface area (Å²) in [6.07, 6.45) is 14.7. The third-order valence-electron chi connectivity index (χ3n) is 3.78. The van der Waals surface area contributed by atoms with Crippen molar-refractivity contribution in [2.75, 3.05) is 13.2 Å². The Labute approximate surface area is 139 Å². The molecule has 1 aliphatic rings. The quantitative estimate of drug-likeness (QED) is 0.451. The van der Waals surface area contributed by atoms with Crippen molar-refractivity contribution >= 4 is 11.4 Å². The molecule has 3 unspecified atom stereocenters. The predicted octanol–water partition coefficient (Wildman–Crippen LogP) is 3.22. The number of hydrogen-bond donors (Lipinski definition) is 1. The molecule has 1 aliphatic carbocycles. The standard InChI is InChI=1S/C18H20O4S/c1-2-3-12-18(21-14-15-22-23(19)20)13-8-7-11-17(18)16-9-5-4-6-10-16/h1,4-11,13,17H,3,12,14-15H2,(H,19,20). The Hall–Kier alpha value is -1.71. The van der Waals surface area contributed by atoms with Crippen LogP contribution in [0.2, 0.25) is 0 Å². The number of rotatable bonds is 8. The second kappa shape index (κ2) is 8.80. The van der Waals surface area contributed by atoms with Crippen LogP contribution in [0.5, 0.6) is 0 Å². The Bertz CT molecular complexity index is 618. The number of benzene rings is 1. The van der Waals surface area contributed by atoms with E-state index >= 15 is 0 Å². The van der Waals surface area contributed by atoms with Crippen LogP contribution in [-0.4, -0.2) is 27.6 Å². The molecule has 0 spiro atoms. The van der Waals surface area contributed by atoms with E-state index in [1.54, 1.807) is 0 Å². The summed E-state index contributed by atoms with van der Waals surface area (Å²) < 4.78 is 30.0. The molecule has 0 saturated heterocycles. The molecule has 122 valence electrons. The van der Waals surface area contributed by atoms with Crippen LogP contribution in [0, 0.1) is 12.3 Å². The second-order valence-corrected chi connectivity index (χ2v) is 5.85. The molecule has 1 aromatic carbocycles. The fraction of sp³-hybridized carbons (Fsp3) is 0.333. The van der Waals surface area contributed by atoms with Crippen molar-refractivity contribution in [3.05, 3.63) is 60.2 Å². The second-order valence-electron chi connectivity index (χ2n) is 5.18. The van der Waals surface area contributed by atoms with Gasteiger partial charge in [-0.15, -0.1) is 12.3 Å². The van der Waals surface area contributed by atoms with Gasteiger partial charge in [-0.2, -0.15) is 4.21 Å². The van der Waals surface area contributed by atoms with E-state index < -0.39 is 17.0 Å². The molecule has 0 radical (unpaired) electrons. The molecule has 1 N–H and O–H groups in total. The van der Waals surface area contributed by atoms with E-state index in [1.165, 1.54) is 0 Å². The summed E-state index contributed by atoms with van der Waals surface area (Å²) >= 11 is -2.28. The normalized spacial score (nSPS) is 24.3. The lowest BCUT2D eigenvalue weighted by Gasteiger charge is -2.38. The van der Waals surface area contributed by atoms with Crippen LogP contribution in [0.4, 0.5) is 0 Å². The van der Waals surface area contributed by atoms with Gasteiger partial charge >= 0.3 is 11.4 Å². The summed E-state index contributed by atoms with van der Waals surface area (Å²) in [6, 6.07) is 10.1. The molecule has 0 aromatic heterocycles. The summed E-state index contributed by atoms with van der Waals surface area (Å²) in [5.74, 6) is 2.69.